The van der Waals surface area contributed by atoms with Gasteiger partial charge in [0.25, 0.3) is 5.91 Å². The molecule has 0 N–H and O–H groups in total. The maximum absolute atomic E-state index is 13.6. The molecule has 1 aromatic heterocycles. The number of halogens is 2. The maximum Gasteiger partial charge on any atom is 0.345 e. The summed E-state index contributed by atoms with van der Waals surface area (Å²) in [6, 6.07) is 20.1. The van der Waals surface area contributed by atoms with E-state index in [1.165, 1.54) is 42.8 Å². The van der Waals surface area contributed by atoms with Crippen LogP contribution in [0.3, 0.4) is 0 Å². The Kier molecular flexibility index (Phi) is 7.61. The van der Waals surface area contributed by atoms with Crippen molar-refractivity contribution in [3.8, 4) is 17.2 Å². The van der Waals surface area contributed by atoms with Crippen LogP contribution >= 0.6 is 0 Å². The minimum atomic E-state index is -0.580. The van der Waals surface area contributed by atoms with Gasteiger partial charge in [-0.1, -0.05) is 24.3 Å². The normalized spacial score (nSPS) is 14.8. The van der Waals surface area contributed by atoms with Crippen LogP contribution in [0.5, 0.6) is 17.2 Å². The SMILES string of the molecule is O=C(Oc1ccc2c(c1)OC(C(=O)N1CCN(C(c3ccc(F)cc3)c3ccc(F)cc3)CC1)=CO2)c1cccnc1. The van der Waals surface area contributed by atoms with E-state index in [4.69, 9.17) is 14.2 Å². The first-order valence-electron chi connectivity index (χ1n) is 13.3. The molecule has 4 aromatic rings. The molecule has 42 heavy (non-hydrogen) atoms. The van der Waals surface area contributed by atoms with E-state index >= 15 is 0 Å². The van der Waals surface area contributed by atoms with E-state index in [1.807, 2.05) is 0 Å². The number of amides is 1. The number of aromatic nitrogens is 1. The van der Waals surface area contributed by atoms with Crippen molar-refractivity contribution < 1.29 is 32.6 Å². The number of carbonyl (C=O) groups excluding carboxylic acids is 2. The summed E-state index contributed by atoms with van der Waals surface area (Å²) in [5.74, 6) is -0.767. The van der Waals surface area contributed by atoms with Crippen LogP contribution in [0.25, 0.3) is 0 Å². The van der Waals surface area contributed by atoms with Gasteiger partial charge in [-0.05, 0) is 59.7 Å². The second-order valence-electron chi connectivity index (χ2n) is 9.78. The number of rotatable bonds is 6. The molecule has 2 aliphatic rings. The van der Waals surface area contributed by atoms with Gasteiger partial charge in [-0.2, -0.15) is 0 Å². The lowest BCUT2D eigenvalue weighted by Gasteiger charge is -2.40. The number of nitrogens with zero attached hydrogens (tertiary/aromatic N) is 3. The van der Waals surface area contributed by atoms with E-state index < -0.39 is 5.97 Å². The molecule has 8 nitrogen and oxygen atoms in total. The third-order valence-corrected chi connectivity index (χ3v) is 7.08. The largest absolute Gasteiger partial charge is 0.457 e. The predicted molar refractivity (Wildman–Crippen MR) is 148 cm³/mol. The van der Waals surface area contributed by atoms with Gasteiger partial charge in [-0.15, -0.1) is 0 Å². The van der Waals surface area contributed by atoms with Crippen molar-refractivity contribution in [2.45, 2.75) is 6.04 Å². The van der Waals surface area contributed by atoms with Crippen molar-refractivity contribution >= 4 is 11.9 Å². The quantitative estimate of drug-likeness (QED) is 0.235. The molecule has 3 heterocycles. The molecule has 0 bridgehead atoms. The van der Waals surface area contributed by atoms with Crippen LogP contribution in [-0.4, -0.2) is 52.8 Å². The van der Waals surface area contributed by atoms with Crippen LogP contribution in [0.15, 0.2) is 103 Å². The monoisotopic (exact) mass is 569 g/mol. The Hall–Kier alpha value is -5.09. The van der Waals surface area contributed by atoms with Crippen molar-refractivity contribution in [3.05, 3.63) is 132 Å². The third-order valence-electron chi connectivity index (χ3n) is 7.08. The molecule has 1 saturated heterocycles. The van der Waals surface area contributed by atoms with Crippen molar-refractivity contribution in [2.24, 2.45) is 0 Å². The highest BCUT2D eigenvalue weighted by Crippen LogP contribution is 2.37. The molecule has 0 saturated carbocycles. The molecule has 2 aliphatic heterocycles. The first-order chi connectivity index (χ1) is 20.4. The van der Waals surface area contributed by atoms with Crippen molar-refractivity contribution in [1.82, 2.24) is 14.8 Å². The minimum absolute atomic E-state index is 0.000282. The lowest BCUT2D eigenvalue weighted by molar-refractivity contribution is -0.131. The number of pyridine rings is 1. The van der Waals surface area contributed by atoms with Gasteiger partial charge in [0.2, 0.25) is 5.76 Å². The fourth-order valence-electron chi connectivity index (χ4n) is 4.98. The number of esters is 1. The zero-order chi connectivity index (χ0) is 29.1. The summed E-state index contributed by atoms with van der Waals surface area (Å²) in [5, 5.41) is 0. The second kappa shape index (κ2) is 11.8. The first-order valence-corrected chi connectivity index (χ1v) is 13.3. The summed E-state index contributed by atoms with van der Waals surface area (Å²) in [5.41, 5.74) is 2.03. The molecular weight excluding hydrogens is 544 g/mol. The Morgan fingerprint density at radius 3 is 2.12 bits per heavy atom. The fraction of sp³-hybridized carbons (Fsp3) is 0.156. The summed E-state index contributed by atoms with van der Waals surface area (Å²) < 4.78 is 44.2. The van der Waals surface area contributed by atoms with Gasteiger partial charge in [0, 0.05) is 44.6 Å². The van der Waals surface area contributed by atoms with Gasteiger partial charge in [0.1, 0.15) is 23.6 Å². The lowest BCUT2D eigenvalue weighted by atomic mass is 9.96. The minimum Gasteiger partial charge on any atom is -0.457 e. The number of benzene rings is 3. The zero-order valence-electron chi connectivity index (χ0n) is 22.3. The number of carbonyl (C=O) groups is 2. The van der Waals surface area contributed by atoms with E-state index in [0.29, 0.717) is 37.5 Å². The summed E-state index contributed by atoms with van der Waals surface area (Å²) in [6.07, 6.45) is 4.22. The van der Waals surface area contributed by atoms with Gasteiger partial charge >= 0.3 is 5.97 Å². The van der Waals surface area contributed by atoms with Crippen LogP contribution in [0.4, 0.5) is 8.78 Å². The molecule has 0 atom stereocenters. The lowest BCUT2D eigenvalue weighted by Crippen LogP contribution is -2.50. The van der Waals surface area contributed by atoms with E-state index in [1.54, 1.807) is 59.6 Å². The molecule has 0 spiro atoms. The first kappa shape index (κ1) is 27.1. The van der Waals surface area contributed by atoms with Crippen LogP contribution in [0.2, 0.25) is 0 Å². The predicted octanol–water partition coefficient (Wildman–Crippen LogP) is 5.13. The summed E-state index contributed by atoms with van der Waals surface area (Å²) in [4.78, 5) is 33.5. The maximum atomic E-state index is 13.6. The van der Waals surface area contributed by atoms with E-state index in [-0.39, 0.29) is 40.8 Å². The zero-order valence-corrected chi connectivity index (χ0v) is 22.3. The number of hydrogen-bond donors (Lipinski definition) is 0. The number of piperazine rings is 1. The molecule has 212 valence electrons. The molecule has 0 aliphatic carbocycles. The molecule has 1 amide bonds. The Balaban J connectivity index is 1.12. The van der Waals surface area contributed by atoms with Crippen LogP contribution in [0, 0.1) is 11.6 Å². The molecule has 10 heteroatoms. The third kappa shape index (κ3) is 5.84. The topological polar surface area (TPSA) is 81.2 Å². The van der Waals surface area contributed by atoms with Gasteiger partial charge < -0.3 is 19.1 Å². The molecule has 0 radical (unpaired) electrons. The Labute approximate surface area is 240 Å². The van der Waals surface area contributed by atoms with Crippen molar-refractivity contribution in [1.29, 1.82) is 0 Å². The van der Waals surface area contributed by atoms with Gasteiger partial charge in [0.05, 0.1) is 11.6 Å². The molecular formula is C32H25F2N3O5. The van der Waals surface area contributed by atoms with E-state index in [0.717, 1.165) is 11.1 Å². The number of fused-ring (bicyclic) bond motifs is 1. The number of hydrogen-bond acceptors (Lipinski definition) is 7. The van der Waals surface area contributed by atoms with Crippen LogP contribution < -0.4 is 14.2 Å². The molecule has 0 unspecified atom stereocenters. The summed E-state index contributed by atoms with van der Waals surface area (Å²) in [7, 11) is 0. The Morgan fingerprint density at radius 1 is 0.833 bits per heavy atom. The fourth-order valence-corrected chi connectivity index (χ4v) is 4.98. The van der Waals surface area contributed by atoms with Crippen molar-refractivity contribution in [3.63, 3.8) is 0 Å². The van der Waals surface area contributed by atoms with Gasteiger partial charge in [-0.3, -0.25) is 14.7 Å². The highest BCUT2D eigenvalue weighted by Gasteiger charge is 2.31. The molecule has 3 aromatic carbocycles. The molecule has 6 rings (SSSR count). The van der Waals surface area contributed by atoms with E-state index in [9.17, 15) is 18.4 Å². The highest BCUT2D eigenvalue weighted by atomic mass is 19.1. The number of ether oxygens (including phenoxy) is 3. The average molecular weight is 570 g/mol. The smallest absolute Gasteiger partial charge is 0.345 e. The van der Waals surface area contributed by atoms with Crippen LogP contribution in [-0.2, 0) is 4.79 Å². The van der Waals surface area contributed by atoms with Crippen LogP contribution in [0.1, 0.15) is 27.5 Å². The summed E-state index contributed by atoms with van der Waals surface area (Å²) >= 11 is 0. The summed E-state index contributed by atoms with van der Waals surface area (Å²) in [6.45, 7) is 1.83. The van der Waals surface area contributed by atoms with Crippen molar-refractivity contribution in [2.75, 3.05) is 26.2 Å². The second-order valence-corrected chi connectivity index (χ2v) is 9.78. The van der Waals surface area contributed by atoms with Gasteiger partial charge in [-0.25, -0.2) is 13.6 Å². The average Bonchev–Trinajstić information content (AvgIpc) is 3.03. The Bertz CT molecular complexity index is 1580. The molecule has 1 fully saturated rings. The Morgan fingerprint density at radius 2 is 1.50 bits per heavy atom. The highest BCUT2D eigenvalue weighted by molar-refractivity contribution is 5.92. The standard InChI is InChI=1S/C32H25F2N3O5/c33-24-7-3-21(4-8-24)30(22-5-9-25(34)10-6-22)36-14-16-37(17-15-36)31(38)29-20-40-27-12-11-26(18-28(27)42-29)41-32(39)23-2-1-13-35-19-23/h1-13,18-20,30H,14-17H2. The van der Waals surface area contributed by atoms with Gasteiger partial charge in [0.15, 0.2) is 11.5 Å². The van der Waals surface area contributed by atoms with E-state index in [2.05, 4.69) is 9.88 Å².